The second-order valence-electron chi connectivity index (χ2n) is 9.57. The Labute approximate surface area is 220 Å². The minimum atomic E-state index is -0.819. The number of nitrogens with one attached hydrogen (secondary N) is 1. The summed E-state index contributed by atoms with van der Waals surface area (Å²) in [5, 5.41) is 12.5. The van der Waals surface area contributed by atoms with E-state index in [1.165, 1.54) is 20.2 Å². The van der Waals surface area contributed by atoms with E-state index in [-0.39, 0.29) is 12.1 Å². The quantitative estimate of drug-likeness (QED) is 0.332. The van der Waals surface area contributed by atoms with Crippen LogP contribution in [0.1, 0.15) is 77.7 Å². The van der Waals surface area contributed by atoms with Crippen LogP contribution >= 0.6 is 12.6 Å². The molecule has 2 aromatic rings. The number of hydrogen-bond donors (Lipinski definition) is 3. The summed E-state index contributed by atoms with van der Waals surface area (Å²) >= 11 is 4.64. The predicted octanol–water partition coefficient (Wildman–Crippen LogP) is 2.91. The Balaban J connectivity index is 0.00000316. The molecule has 0 saturated carbocycles. The molecule has 2 N–H and O–H groups in total. The lowest BCUT2D eigenvalue weighted by molar-refractivity contribution is 0.0854. The molecule has 1 atom stereocenters. The van der Waals surface area contributed by atoms with Crippen LogP contribution in [-0.2, 0) is 24.7 Å². The van der Waals surface area contributed by atoms with E-state index in [9.17, 15) is 19.5 Å². The molecule has 1 heterocycles. The van der Waals surface area contributed by atoms with Gasteiger partial charge in [-0.25, -0.2) is 4.79 Å². The van der Waals surface area contributed by atoms with Crippen molar-refractivity contribution in [3.05, 3.63) is 56.4 Å². The van der Waals surface area contributed by atoms with Crippen LogP contribution in [0.25, 0.3) is 0 Å². The maximum Gasteiger partial charge on any atom is 0.331 e. The molecule has 0 saturated heterocycles. The molecule has 1 aromatic heterocycles. The first-order valence-electron chi connectivity index (χ1n) is 12.3. The number of carbonyl (C=O) groups is 1. The number of carbonyl (C=O) groups excluding carboxylic acids is 1. The molecule has 36 heavy (non-hydrogen) atoms. The molecule has 199 valence electrons. The summed E-state index contributed by atoms with van der Waals surface area (Å²) in [7, 11) is 2.99. The summed E-state index contributed by atoms with van der Waals surface area (Å²) in [6.45, 7) is 15.4. The Bertz CT molecular complexity index is 1150. The highest BCUT2D eigenvalue weighted by molar-refractivity contribution is 7.81. The van der Waals surface area contributed by atoms with E-state index in [1.54, 1.807) is 19.6 Å². The highest BCUT2D eigenvalue weighted by Crippen LogP contribution is 2.30. The standard InChI is InChI=1S/C24H35BN3O5S.C2H6/c1-8-10-16-18(25-33-23(3,4)24(5,6)34)11-9-12-19(16)26-20(30)17-14-28(13-15(2)29)22(32)27(7)21(17)31;1-2/h9,11-12,14-15,29,34H,8,10,13H2,1-7H3,(H,26,30);1-2H3. The smallest absolute Gasteiger partial charge is 0.331 e. The number of hydrogen-bond acceptors (Lipinski definition) is 6. The number of anilines is 1. The molecular formula is C26H41BN3O5S. The van der Waals surface area contributed by atoms with E-state index < -0.39 is 33.6 Å². The maximum atomic E-state index is 13.1. The van der Waals surface area contributed by atoms with Gasteiger partial charge in [0, 0.05) is 23.7 Å². The van der Waals surface area contributed by atoms with Crippen molar-refractivity contribution in [3.8, 4) is 0 Å². The van der Waals surface area contributed by atoms with Gasteiger partial charge >= 0.3 is 13.2 Å². The van der Waals surface area contributed by atoms with Gasteiger partial charge in [0.25, 0.3) is 11.5 Å². The molecule has 0 aliphatic carbocycles. The Morgan fingerprint density at radius 3 is 2.36 bits per heavy atom. The summed E-state index contributed by atoms with van der Waals surface area (Å²) in [5.74, 6) is -0.632. The second-order valence-corrected chi connectivity index (χ2v) is 10.7. The molecule has 0 aliphatic rings. The molecule has 0 aliphatic heterocycles. The SMILES string of the molecule is CC.CCCc1c([B]OC(C)(C)C(C)(C)S)cccc1NC(=O)c1cn(CC(C)O)c(=O)n(C)c1=O. The van der Waals surface area contributed by atoms with Crippen molar-refractivity contribution in [3.63, 3.8) is 0 Å². The molecule has 1 unspecified atom stereocenters. The molecule has 0 fully saturated rings. The first-order chi connectivity index (χ1) is 16.7. The normalized spacial score (nSPS) is 12.4. The summed E-state index contributed by atoms with van der Waals surface area (Å²) in [4.78, 5) is 38.1. The summed E-state index contributed by atoms with van der Waals surface area (Å²) < 4.78 is 7.71. The summed E-state index contributed by atoms with van der Waals surface area (Å²) in [6, 6.07) is 5.48. The van der Waals surface area contributed by atoms with E-state index in [0.717, 1.165) is 26.6 Å². The van der Waals surface area contributed by atoms with Crippen molar-refractivity contribution in [2.24, 2.45) is 7.05 Å². The minimum absolute atomic E-state index is 0.0343. The largest absolute Gasteiger partial charge is 0.428 e. The van der Waals surface area contributed by atoms with Gasteiger partial charge in [0.1, 0.15) is 5.56 Å². The van der Waals surface area contributed by atoms with Gasteiger partial charge in [-0.3, -0.25) is 18.7 Å². The van der Waals surface area contributed by atoms with Gasteiger partial charge < -0.3 is 15.1 Å². The minimum Gasteiger partial charge on any atom is -0.428 e. The number of amides is 1. The van der Waals surface area contributed by atoms with Gasteiger partial charge in [0.15, 0.2) is 0 Å². The zero-order valence-corrected chi connectivity index (χ0v) is 23.9. The van der Waals surface area contributed by atoms with E-state index >= 15 is 0 Å². The third kappa shape index (κ3) is 7.85. The molecule has 10 heteroatoms. The van der Waals surface area contributed by atoms with Crippen LogP contribution in [0, 0.1) is 0 Å². The molecule has 0 bridgehead atoms. The van der Waals surface area contributed by atoms with Gasteiger partial charge in [0.2, 0.25) is 0 Å². The Morgan fingerprint density at radius 1 is 1.22 bits per heavy atom. The molecule has 8 nitrogen and oxygen atoms in total. The van der Waals surface area contributed by atoms with Crippen molar-refractivity contribution in [2.45, 2.75) is 91.2 Å². The average molecular weight is 519 g/mol. The van der Waals surface area contributed by atoms with Gasteiger partial charge in [-0.05, 0) is 58.1 Å². The topological polar surface area (TPSA) is 103 Å². The molecule has 0 spiro atoms. The molecular weight excluding hydrogens is 477 g/mol. The summed E-state index contributed by atoms with van der Waals surface area (Å²) in [5.41, 5.74) is 0.208. The van der Waals surface area contributed by atoms with Crippen molar-refractivity contribution in [1.29, 1.82) is 0 Å². The number of aromatic nitrogens is 2. The van der Waals surface area contributed by atoms with Gasteiger partial charge in [0.05, 0.1) is 18.2 Å². The Hall–Kier alpha value is -2.30. The number of thiol groups is 1. The maximum absolute atomic E-state index is 13.1. The monoisotopic (exact) mass is 518 g/mol. The highest BCUT2D eigenvalue weighted by Gasteiger charge is 2.34. The number of aliphatic hydroxyl groups is 1. The number of nitrogens with zero attached hydrogens (tertiary/aromatic N) is 2. The number of benzene rings is 1. The molecule has 1 radical (unpaired) electrons. The number of aliphatic hydroxyl groups excluding tert-OH is 1. The Kier molecular flexibility index (Phi) is 11.7. The lowest BCUT2D eigenvalue weighted by Crippen LogP contribution is -2.46. The van der Waals surface area contributed by atoms with Crippen LogP contribution in [0.4, 0.5) is 5.69 Å². The van der Waals surface area contributed by atoms with Gasteiger partial charge in [-0.1, -0.05) is 39.3 Å². The van der Waals surface area contributed by atoms with Gasteiger partial charge in [-0.15, -0.1) is 0 Å². The van der Waals surface area contributed by atoms with Crippen LogP contribution in [-0.4, -0.2) is 44.1 Å². The van der Waals surface area contributed by atoms with Crippen molar-refractivity contribution < 1.29 is 14.6 Å². The first-order valence-corrected chi connectivity index (χ1v) is 12.8. The van der Waals surface area contributed by atoms with E-state index in [1.807, 2.05) is 54.5 Å². The van der Waals surface area contributed by atoms with Crippen LogP contribution < -0.4 is 22.0 Å². The van der Waals surface area contributed by atoms with E-state index in [4.69, 9.17) is 4.65 Å². The zero-order chi connectivity index (χ0) is 27.8. The van der Waals surface area contributed by atoms with Crippen LogP contribution in [0.2, 0.25) is 0 Å². The summed E-state index contributed by atoms with van der Waals surface area (Å²) in [6.07, 6.45) is 1.88. The third-order valence-electron chi connectivity index (χ3n) is 5.97. The van der Waals surface area contributed by atoms with Crippen molar-refractivity contribution >= 4 is 37.2 Å². The molecule has 2 rings (SSSR count). The first kappa shape index (κ1) is 31.7. The van der Waals surface area contributed by atoms with E-state index in [2.05, 4.69) is 17.9 Å². The lowest BCUT2D eigenvalue weighted by atomic mass is 9.79. The predicted molar refractivity (Wildman–Crippen MR) is 151 cm³/mol. The highest BCUT2D eigenvalue weighted by atomic mass is 32.1. The molecule has 1 aromatic carbocycles. The Morgan fingerprint density at radius 2 is 1.83 bits per heavy atom. The van der Waals surface area contributed by atoms with E-state index in [0.29, 0.717) is 12.1 Å². The fraction of sp³-hybridized carbons (Fsp3) is 0.577. The van der Waals surface area contributed by atoms with Crippen LogP contribution in [0.3, 0.4) is 0 Å². The van der Waals surface area contributed by atoms with Crippen molar-refractivity contribution in [2.75, 3.05) is 5.32 Å². The lowest BCUT2D eigenvalue weighted by Gasteiger charge is -2.38. The fourth-order valence-electron chi connectivity index (χ4n) is 3.20. The van der Waals surface area contributed by atoms with Gasteiger partial charge in [-0.2, -0.15) is 12.6 Å². The van der Waals surface area contributed by atoms with Crippen LogP contribution in [0.5, 0.6) is 0 Å². The second kappa shape index (κ2) is 13.3. The van der Waals surface area contributed by atoms with Crippen molar-refractivity contribution in [1.82, 2.24) is 9.13 Å². The zero-order valence-electron chi connectivity index (χ0n) is 23.0. The third-order valence-corrected chi connectivity index (χ3v) is 6.51. The fourth-order valence-corrected chi connectivity index (χ4v) is 3.26. The molecule has 1 amide bonds. The van der Waals surface area contributed by atoms with Crippen LogP contribution in [0.15, 0.2) is 34.0 Å². The average Bonchev–Trinajstić information content (AvgIpc) is 2.80. The number of rotatable bonds is 10.